The van der Waals surface area contributed by atoms with E-state index in [9.17, 15) is 0 Å². The van der Waals surface area contributed by atoms with Gasteiger partial charge in [-0.25, -0.2) is 9.67 Å². The van der Waals surface area contributed by atoms with E-state index < -0.39 is 0 Å². The monoisotopic (exact) mass is 451 g/mol. The maximum Gasteiger partial charge on any atom is 0.257 e. The Hall–Kier alpha value is -2.20. The summed E-state index contributed by atoms with van der Waals surface area (Å²) in [5.74, 6) is 1.09. The Kier molecular flexibility index (Phi) is 4.56. The van der Waals surface area contributed by atoms with Gasteiger partial charge in [0.2, 0.25) is 5.95 Å². The van der Waals surface area contributed by atoms with E-state index in [0.717, 1.165) is 61.1 Å². The van der Waals surface area contributed by atoms with Crippen LogP contribution >= 0.6 is 11.6 Å². The molecule has 1 N–H and O–H groups in total. The molecule has 0 radical (unpaired) electrons. The highest BCUT2D eigenvalue weighted by Gasteiger charge is 2.49. The molecular weight excluding hydrogens is 426 g/mol. The molecule has 1 aliphatic carbocycles. The van der Waals surface area contributed by atoms with Crippen LogP contribution in [0.4, 0.5) is 11.6 Å². The van der Waals surface area contributed by atoms with E-state index in [1.807, 2.05) is 4.68 Å². The van der Waals surface area contributed by atoms with E-state index in [0.29, 0.717) is 30.1 Å². The number of hydrogen-bond donors (Lipinski definition) is 1. The lowest BCUT2D eigenvalue weighted by Gasteiger charge is -2.33. The van der Waals surface area contributed by atoms with Crippen LogP contribution in [-0.2, 0) is 16.4 Å². The Morgan fingerprint density at radius 1 is 1.22 bits per heavy atom. The van der Waals surface area contributed by atoms with Gasteiger partial charge in [0, 0.05) is 31.5 Å². The number of rotatable bonds is 2. The summed E-state index contributed by atoms with van der Waals surface area (Å²) in [5, 5.41) is 13.9. The summed E-state index contributed by atoms with van der Waals surface area (Å²) >= 11 is 6.30. The molecule has 0 unspecified atom stereocenters. The van der Waals surface area contributed by atoms with Gasteiger partial charge >= 0.3 is 0 Å². The summed E-state index contributed by atoms with van der Waals surface area (Å²) in [7, 11) is 6.62. The molecule has 9 nitrogen and oxygen atoms in total. The van der Waals surface area contributed by atoms with Gasteiger partial charge in [0.25, 0.3) is 5.88 Å². The number of ether oxygens (including phenoxy) is 2. The molecule has 3 aromatic heterocycles. The SMILES string of the molecule is BC(B)(B)c1c2c(nn1[C@@H]1CCOC3(CC3)C1)OCCCn1nc(Cl)c3cnc(nc31)N2. The molecule has 0 aromatic carbocycles. The molecule has 13 heteroatoms. The molecule has 1 atom stereocenters. The largest absolute Gasteiger partial charge is 0.475 e. The normalized spacial score (nSPS) is 22.2. The Morgan fingerprint density at radius 2 is 2.06 bits per heavy atom. The first-order valence-electron chi connectivity index (χ1n) is 11.4. The predicted molar refractivity (Wildman–Crippen MR) is 129 cm³/mol. The van der Waals surface area contributed by atoms with E-state index in [1.165, 1.54) is 0 Å². The minimum absolute atomic E-state index is 0.0608. The van der Waals surface area contributed by atoms with Crippen LogP contribution in [0.25, 0.3) is 11.0 Å². The highest BCUT2D eigenvalue weighted by Crippen LogP contribution is 2.50. The molecule has 1 saturated heterocycles. The Balaban J connectivity index is 1.47. The van der Waals surface area contributed by atoms with Crippen molar-refractivity contribution in [1.29, 1.82) is 0 Å². The maximum atomic E-state index is 6.30. The van der Waals surface area contributed by atoms with Crippen LogP contribution in [0.1, 0.15) is 43.8 Å². The Labute approximate surface area is 193 Å². The molecule has 3 aromatic rings. The van der Waals surface area contributed by atoms with Crippen LogP contribution in [0.5, 0.6) is 5.88 Å². The Morgan fingerprint density at radius 3 is 2.84 bits per heavy atom. The lowest BCUT2D eigenvalue weighted by Crippen LogP contribution is -2.36. The first kappa shape index (κ1) is 20.4. The van der Waals surface area contributed by atoms with Gasteiger partial charge < -0.3 is 14.8 Å². The van der Waals surface area contributed by atoms with Crippen molar-refractivity contribution < 1.29 is 9.47 Å². The summed E-state index contributed by atoms with van der Waals surface area (Å²) < 4.78 is 16.3. The smallest absolute Gasteiger partial charge is 0.257 e. The zero-order valence-electron chi connectivity index (χ0n) is 18.7. The molecule has 2 aliphatic heterocycles. The number of hydrogen-bond acceptors (Lipinski definition) is 7. The first-order chi connectivity index (χ1) is 15.3. The molecule has 1 saturated carbocycles. The summed E-state index contributed by atoms with van der Waals surface area (Å²) in [6.45, 7) is 1.96. The summed E-state index contributed by atoms with van der Waals surface area (Å²) in [5.41, 5.74) is 2.73. The topological polar surface area (TPSA) is 91.9 Å². The van der Waals surface area contributed by atoms with Gasteiger partial charge in [0.05, 0.1) is 47.2 Å². The fourth-order valence-electron chi connectivity index (χ4n) is 4.94. The first-order valence-corrected chi connectivity index (χ1v) is 11.8. The number of aryl methyl sites for hydroxylation is 1. The van der Waals surface area contributed by atoms with Crippen LogP contribution < -0.4 is 10.1 Å². The zero-order chi connectivity index (χ0) is 22.1. The number of anilines is 2. The number of halogens is 1. The fourth-order valence-corrected chi connectivity index (χ4v) is 5.17. The molecule has 5 heterocycles. The molecule has 2 fully saturated rings. The van der Waals surface area contributed by atoms with E-state index in [4.69, 9.17) is 31.2 Å². The third-order valence-electron chi connectivity index (χ3n) is 6.64. The van der Waals surface area contributed by atoms with Crippen molar-refractivity contribution in [2.45, 2.75) is 55.4 Å². The average molecular weight is 451 g/mol. The Bertz CT molecular complexity index is 1200. The molecule has 1 spiro atoms. The highest BCUT2D eigenvalue weighted by molar-refractivity contribution is 6.59. The van der Waals surface area contributed by atoms with Crippen molar-refractivity contribution in [2.24, 2.45) is 0 Å². The van der Waals surface area contributed by atoms with Gasteiger partial charge in [-0.2, -0.15) is 10.1 Å². The number of nitrogens with zero attached hydrogens (tertiary/aromatic N) is 6. The quantitative estimate of drug-likeness (QED) is 0.553. The predicted octanol–water partition coefficient (Wildman–Crippen LogP) is 0.0960. The van der Waals surface area contributed by atoms with Crippen LogP contribution in [0.15, 0.2) is 6.20 Å². The molecule has 3 aliphatic rings. The van der Waals surface area contributed by atoms with Crippen molar-refractivity contribution >= 4 is 57.8 Å². The van der Waals surface area contributed by atoms with Gasteiger partial charge in [-0.15, -0.1) is 5.10 Å². The van der Waals surface area contributed by atoms with Gasteiger partial charge in [0.1, 0.15) is 5.69 Å². The summed E-state index contributed by atoms with van der Waals surface area (Å²) in [6, 6.07) is 0.287. The van der Waals surface area contributed by atoms with Crippen molar-refractivity contribution in [1.82, 2.24) is 29.5 Å². The molecular formula is C19H25B3ClN7O2. The molecule has 6 rings (SSSR count). The zero-order valence-corrected chi connectivity index (χ0v) is 19.4. The lowest BCUT2D eigenvalue weighted by molar-refractivity contribution is -0.0275. The van der Waals surface area contributed by atoms with Crippen LogP contribution in [-0.4, -0.2) is 71.9 Å². The summed E-state index contributed by atoms with van der Waals surface area (Å²) in [4.78, 5) is 9.25. The second kappa shape index (κ2) is 7.15. The number of fused-ring (bicyclic) bond motifs is 2. The van der Waals surface area contributed by atoms with Crippen molar-refractivity contribution in [3.05, 3.63) is 17.0 Å². The molecule has 32 heavy (non-hydrogen) atoms. The molecule has 164 valence electrons. The van der Waals surface area contributed by atoms with Crippen molar-refractivity contribution in [3.63, 3.8) is 0 Å². The van der Waals surface area contributed by atoms with Crippen molar-refractivity contribution in [3.8, 4) is 5.88 Å². The third-order valence-corrected chi connectivity index (χ3v) is 6.92. The third kappa shape index (κ3) is 3.39. The second-order valence-corrected chi connectivity index (χ2v) is 10.5. The van der Waals surface area contributed by atoms with E-state index >= 15 is 0 Å². The van der Waals surface area contributed by atoms with Crippen LogP contribution in [0, 0.1) is 0 Å². The average Bonchev–Trinajstić information content (AvgIpc) is 3.26. The number of nitrogens with one attached hydrogen (secondary N) is 1. The maximum absolute atomic E-state index is 6.30. The van der Waals surface area contributed by atoms with Crippen LogP contribution in [0.2, 0.25) is 5.15 Å². The highest BCUT2D eigenvalue weighted by atomic mass is 35.5. The van der Waals surface area contributed by atoms with Gasteiger partial charge in [0.15, 0.2) is 10.8 Å². The number of aromatic nitrogens is 6. The van der Waals surface area contributed by atoms with E-state index in [-0.39, 0.29) is 16.8 Å². The summed E-state index contributed by atoms with van der Waals surface area (Å²) in [6.07, 6.45) is 6.74. The van der Waals surface area contributed by atoms with Crippen molar-refractivity contribution in [2.75, 3.05) is 18.5 Å². The van der Waals surface area contributed by atoms with Gasteiger partial charge in [-0.3, -0.25) is 4.68 Å². The van der Waals surface area contributed by atoms with E-state index in [1.54, 1.807) is 6.20 Å². The van der Waals surface area contributed by atoms with Gasteiger partial charge in [-0.05, 0) is 25.7 Å². The molecule has 0 amide bonds. The van der Waals surface area contributed by atoms with Crippen LogP contribution in [0.3, 0.4) is 0 Å². The minimum atomic E-state index is -0.165. The van der Waals surface area contributed by atoms with Gasteiger partial charge in [-0.1, -0.05) is 16.7 Å². The second-order valence-electron chi connectivity index (χ2n) is 10.2. The fraction of sp³-hybridized carbons (Fsp3) is 0.579. The minimum Gasteiger partial charge on any atom is -0.475 e. The lowest BCUT2D eigenvalue weighted by atomic mass is 9.41. The van der Waals surface area contributed by atoms with E-state index in [2.05, 4.69) is 43.6 Å². The standard InChI is InChI=1S/C19H25B3ClN7O2/c20-19(21,22)13-12-16(28-30(13)10-2-7-32-18(8-10)3-4-18)31-6-1-5-29-15-11(14(23)27-29)9-24-17(25-12)26-15/h9-10H,1-8,20-22H2,(H,24,25,26)/t10-/m1/s1. The molecule has 2 bridgehead atoms.